The van der Waals surface area contributed by atoms with Crippen LogP contribution in [0, 0.1) is 0 Å². The number of allylic oxidation sites excluding steroid dienone is 1. The first kappa shape index (κ1) is 8.19. The number of hydrogen-bond acceptors (Lipinski definition) is 0. The number of alkyl halides is 3. The molecule has 0 saturated heterocycles. The zero-order valence-corrected chi connectivity index (χ0v) is 5.62. The lowest BCUT2D eigenvalue weighted by Crippen LogP contribution is -2.00. The van der Waals surface area contributed by atoms with E-state index in [0.29, 0.717) is 0 Å². The van der Waals surface area contributed by atoms with Crippen LogP contribution in [0.15, 0.2) is 9.91 Å². The van der Waals surface area contributed by atoms with Gasteiger partial charge in [-0.2, -0.15) is 17.6 Å². The maximum atomic E-state index is 11.3. The van der Waals surface area contributed by atoms with E-state index in [-0.39, 0.29) is 0 Å². The summed E-state index contributed by atoms with van der Waals surface area (Å²) < 4.78 is 43.0. The van der Waals surface area contributed by atoms with Crippen LogP contribution < -0.4 is 0 Å². The molecule has 0 aliphatic rings. The maximum Gasteiger partial charge on any atom is 0.412 e. The first-order chi connectivity index (χ1) is 3.42. The highest BCUT2D eigenvalue weighted by Crippen LogP contribution is 2.21. The summed E-state index contributed by atoms with van der Waals surface area (Å²) in [6.45, 7) is 0. The van der Waals surface area contributed by atoms with Crippen molar-refractivity contribution in [1.29, 1.82) is 0 Å². The first-order valence-electron chi connectivity index (χ1n) is 1.52. The van der Waals surface area contributed by atoms with Crippen LogP contribution in [0.1, 0.15) is 0 Å². The molecular weight excluding hydrogens is 239 g/mol. The van der Waals surface area contributed by atoms with E-state index < -0.39 is 16.1 Å². The van der Waals surface area contributed by atoms with Gasteiger partial charge in [0.25, 0.3) is 0 Å². The molecule has 0 spiro atoms. The smallest absolute Gasteiger partial charge is 0.200 e. The standard InChI is InChI=1S/C3HF4I/c4-2(8)1-3(5,6)7/h1H/b2-1+. The molecule has 0 rings (SSSR count). The normalized spacial score (nSPS) is 14.4. The lowest BCUT2D eigenvalue weighted by Gasteiger charge is -1.94. The minimum atomic E-state index is -4.52. The molecule has 0 radical (unpaired) electrons. The van der Waals surface area contributed by atoms with Crippen LogP contribution in [-0.4, -0.2) is 6.18 Å². The summed E-state index contributed by atoms with van der Waals surface area (Å²) in [6, 6.07) is 0. The summed E-state index contributed by atoms with van der Waals surface area (Å²) >= 11 is 0.942. The van der Waals surface area contributed by atoms with Crippen LogP contribution in [0.25, 0.3) is 0 Å². The fraction of sp³-hybridized carbons (Fsp3) is 0.333. The third-order valence-electron chi connectivity index (χ3n) is 0.273. The molecule has 0 unspecified atom stereocenters. The highest BCUT2D eigenvalue weighted by molar-refractivity contribution is 14.1. The molecule has 48 valence electrons. The zero-order chi connectivity index (χ0) is 6.78. The fourth-order valence-corrected chi connectivity index (χ4v) is 0.477. The number of halogens is 5. The molecular formula is C3HF4I. The Morgan fingerprint density at radius 1 is 1.38 bits per heavy atom. The molecule has 0 aliphatic carbocycles. The average Bonchev–Trinajstić information content (AvgIpc) is 1.21. The molecule has 5 heteroatoms. The van der Waals surface area contributed by atoms with Gasteiger partial charge in [0.1, 0.15) is 0 Å². The summed E-state index contributed by atoms with van der Waals surface area (Å²) in [5, 5.41) is 0. The van der Waals surface area contributed by atoms with E-state index in [0.717, 1.165) is 22.6 Å². The van der Waals surface area contributed by atoms with Gasteiger partial charge in [0.2, 0.25) is 0 Å². The molecule has 0 nitrogen and oxygen atoms in total. The van der Waals surface area contributed by atoms with Crippen molar-refractivity contribution >= 4 is 22.6 Å². The van der Waals surface area contributed by atoms with E-state index in [1.165, 1.54) is 0 Å². The van der Waals surface area contributed by atoms with Crippen molar-refractivity contribution in [3.8, 4) is 0 Å². The van der Waals surface area contributed by atoms with Gasteiger partial charge in [-0.25, -0.2) is 0 Å². The molecule has 0 N–H and O–H groups in total. The van der Waals surface area contributed by atoms with Crippen molar-refractivity contribution in [3.63, 3.8) is 0 Å². The lowest BCUT2D eigenvalue weighted by molar-refractivity contribution is -0.0806. The molecule has 0 aliphatic heterocycles. The van der Waals surface area contributed by atoms with Gasteiger partial charge in [0.05, 0.1) is 6.08 Å². The Labute approximate surface area is 56.7 Å². The lowest BCUT2D eigenvalue weighted by atomic mass is 10.6. The molecule has 0 saturated carbocycles. The Morgan fingerprint density at radius 2 is 1.75 bits per heavy atom. The Balaban J connectivity index is 3.89. The van der Waals surface area contributed by atoms with Crippen molar-refractivity contribution in [1.82, 2.24) is 0 Å². The maximum absolute atomic E-state index is 11.3. The van der Waals surface area contributed by atoms with Crippen LogP contribution in [-0.2, 0) is 0 Å². The van der Waals surface area contributed by atoms with Gasteiger partial charge in [0, 0.05) is 0 Å². The molecule has 0 aromatic carbocycles. The molecule has 8 heavy (non-hydrogen) atoms. The van der Waals surface area contributed by atoms with Crippen molar-refractivity contribution in [2.45, 2.75) is 6.18 Å². The van der Waals surface area contributed by atoms with Crippen molar-refractivity contribution in [3.05, 3.63) is 9.91 Å². The van der Waals surface area contributed by atoms with Crippen LogP contribution >= 0.6 is 22.6 Å². The highest BCUT2D eigenvalue weighted by atomic mass is 127. The van der Waals surface area contributed by atoms with E-state index >= 15 is 0 Å². The molecule has 0 fully saturated rings. The topological polar surface area (TPSA) is 0 Å². The van der Waals surface area contributed by atoms with Gasteiger partial charge >= 0.3 is 6.18 Å². The second-order valence-corrected chi connectivity index (χ2v) is 2.01. The van der Waals surface area contributed by atoms with Gasteiger partial charge in [-0.05, 0) is 22.6 Å². The molecule has 0 amide bonds. The predicted molar refractivity (Wildman–Crippen MR) is 29.3 cm³/mol. The SMILES string of the molecule is F/C(I)=C\C(F)(F)F. The minimum Gasteiger partial charge on any atom is -0.200 e. The Morgan fingerprint density at radius 3 is 1.75 bits per heavy atom. The fourth-order valence-electron chi connectivity index (χ4n) is 0.124. The molecule has 0 aromatic heterocycles. The second-order valence-electron chi connectivity index (χ2n) is 0.976. The Bertz CT molecular complexity index is 98.3. The van der Waals surface area contributed by atoms with Gasteiger partial charge in [-0.1, -0.05) is 0 Å². The third-order valence-corrected chi connectivity index (χ3v) is 0.584. The van der Waals surface area contributed by atoms with Gasteiger partial charge in [-0.3, -0.25) is 0 Å². The van der Waals surface area contributed by atoms with Gasteiger partial charge < -0.3 is 0 Å². The summed E-state index contributed by atoms with van der Waals surface area (Å²) in [7, 11) is 0. The quantitative estimate of drug-likeness (QED) is 0.451. The molecule has 0 heterocycles. The summed E-state index contributed by atoms with van der Waals surface area (Å²) in [5.41, 5.74) is 0. The molecule has 0 bridgehead atoms. The predicted octanol–water partition coefficient (Wildman–Crippen LogP) is 2.79. The first-order valence-corrected chi connectivity index (χ1v) is 2.60. The Kier molecular flexibility index (Phi) is 2.72. The minimum absolute atomic E-state index is 0.409. The monoisotopic (exact) mass is 240 g/mol. The number of rotatable bonds is 0. The summed E-state index contributed by atoms with van der Waals surface area (Å²) in [5.74, 6) is 0. The van der Waals surface area contributed by atoms with Gasteiger partial charge in [-0.15, -0.1) is 0 Å². The second kappa shape index (κ2) is 2.65. The molecule has 0 atom stereocenters. The van der Waals surface area contributed by atoms with Crippen LogP contribution in [0.2, 0.25) is 0 Å². The van der Waals surface area contributed by atoms with Crippen molar-refractivity contribution in [2.75, 3.05) is 0 Å². The van der Waals surface area contributed by atoms with Crippen molar-refractivity contribution in [2.24, 2.45) is 0 Å². The van der Waals surface area contributed by atoms with Crippen LogP contribution in [0.5, 0.6) is 0 Å². The van der Waals surface area contributed by atoms with Gasteiger partial charge in [0.15, 0.2) is 3.83 Å². The van der Waals surface area contributed by atoms with E-state index in [9.17, 15) is 17.6 Å². The summed E-state index contributed by atoms with van der Waals surface area (Å²) in [6.07, 6.45) is -4.93. The van der Waals surface area contributed by atoms with E-state index in [1.54, 1.807) is 0 Å². The number of hydrogen-bond donors (Lipinski definition) is 0. The zero-order valence-electron chi connectivity index (χ0n) is 3.47. The third kappa shape index (κ3) is 6.19. The average molecular weight is 240 g/mol. The van der Waals surface area contributed by atoms with E-state index in [2.05, 4.69) is 0 Å². The van der Waals surface area contributed by atoms with Crippen LogP contribution in [0.3, 0.4) is 0 Å². The summed E-state index contributed by atoms with van der Waals surface area (Å²) in [4.78, 5) is 0. The van der Waals surface area contributed by atoms with E-state index in [4.69, 9.17) is 0 Å². The van der Waals surface area contributed by atoms with Crippen molar-refractivity contribution < 1.29 is 17.6 Å². The van der Waals surface area contributed by atoms with Crippen LogP contribution in [0.4, 0.5) is 17.6 Å². The highest BCUT2D eigenvalue weighted by Gasteiger charge is 2.23. The Hall–Kier alpha value is 0.190. The molecule has 0 aromatic rings. The van der Waals surface area contributed by atoms with E-state index in [1.807, 2.05) is 0 Å². The largest absolute Gasteiger partial charge is 0.412 e.